The molecule has 0 bridgehead atoms. The van der Waals surface area contributed by atoms with Crippen molar-refractivity contribution in [2.24, 2.45) is 0 Å². The molecule has 116 valence electrons. The second-order valence-corrected chi connectivity index (χ2v) is 5.47. The molecule has 0 atom stereocenters. The maximum atomic E-state index is 13.3. The number of halogens is 1. The van der Waals surface area contributed by atoms with E-state index in [1.807, 2.05) is 12.1 Å². The zero-order chi connectivity index (χ0) is 15.8. The molecule has 0 saturated carbocycles. The fourth-order valence-electron chi connectivity index (χ4n) is 2.85. The largest absolute Gasteiger partial charge is 0.454 e. The number of carbonyl (C=O) groups excluding carboxylic acids is 1. The minimum Gasteiger partial charge on any atom is -0.454 e. The molecule has 0 aliphatic carbocycles. The van der Waals surface area contributed by atoms with Gasteiger partial charge in [0.2, 0.25) is 6.79 Å². The number of allylic oxidation sites excluding steroid dienone is 1. The van der Waals surface area contributed by atoms with E-state index in [0.29, 0.717) is 11.3 Å². The van der Waals surface area contributed by atoms with Gasteiger partial charge in [0.05, 0.1) is 0 Å². The molecule has 2 aliphatic rings. The molecule has 4 nitrogen and oxygen atoms in total. The van der Waals surface area contributed by atoms with Crippen molar-refractivity contribution in [2.75, 3.05) is 13.3 Å². The Labute approximate surface area is 132 Å². The van der Waals surface area contributed by atoms with Gasteiger partial charge in [-0.05, 0) is 36.2 Å². The second-order valence-electron chi connectivity index (χ2n) is 5.47. The van der Waals surface area contributed by atoms with Gasteiger partial charge >= 0.3 is 0 Å². The first-order valence-electron chi connectivity index (χ1n) is 7.39. The number of ether oxygens (including phenoxy) is 2. The number of carbonyl (C=O) groups is 1. The number of benzene rings is 2. The summed E-state index contributed by atoms with van der Waals surface area (Å²) in [7, 11) is 0. The summed E-state index contributed by atoms with van der Waals surface area (Å²) in [6.07, 6.45) is 2.35. The summed E-state index contributed by atoms with van der Waals surface area (Å²) in [5, 5.41) is 3.23. The summed E-state index contributed by atoms with van der Waals surface area (Å²) in [6, 6.07) is 9.53. The molecule has 2 aromatic carbocycles. The third kappa shape index (κ3) is 2.54. The van der Waals surface area contributed by atoms with Crippen molar-refractivity contribution >= 4 is 11.5 Å². The molecule has 2 aromatic rings. The van der Waals surface area contributed by atoms with E-state index < -0.39 is 5.82 Å². The van der Waals surface area contributed by atoms with Gasteiger partial charge in [-0.3, -0.25) is 4.79 Å². The molecule has 23 heavy (non-hydrogen) atoms. The van der Waals surface area contributed by atoms with Gasteiger partial charge in [0.1, 0.15) is 5.82 Å². The van der Waals surface area contributed by atoms with Crippen molar-refractivity contribution in [1.82, 2.24) is 5.32 Å². The van der Waals surface area contributed by atoms with Crippen molar-refractivity contribution in [3.63, 3.8) is 0 Å². The smallest absolute Gasteiger partial charge is 0.231 e. The van der Waals surface area contributed by atoms with Crippen molar-refractivity contribution in [1.29, 1.82) is 0 Å². The van der Waals surface area contributed by atoms with Crippen LogP contribution in [-0.2, 0) is 6.42 Å². The number of rotatable bonds is 2. The van der Waals surface area contributed by atoms with Gasteiger partial charge in [-0.1, -0.05) is 12.1 Å². The van der Waals surface area contributed by atoms with Crippen molar-refractivity contribution in [3.8, 4) is 11.5 Å². The summed E-state index contributed by atoms with van der Waals surface area (Å²) in [4.78, 5) is 12.4. The number of nitrogens with one attached hydrogen (secondary N) is 1. The molecule has 4 rings (SSSR count). The molecule has 0 fully saturated rings. The summed E-state index contributed by atoms with van der Waals surface area (Å²) in [5.74, 6) is 0.755. The van der Waals surface area contributed by atoms with Crippen molar-refractivity contribution in [3.05, 3.63) is 65.0 Å². The summed E-state index contributed by atoms with van der Waals surface area (Å²) >= 11 is 0. The van der Waals surface area contributed by atoms with Gasteiger partial charge < -0.3 is 14.8 Å². The lowest BCUT2D eigenvalue weighted by Crippen LogP contribution is -2.23. The van der Waals surface area contributed by atoms with Crippen LogP contribution in [0.4, 0.5) is 4.39 Å². The van der Waals surface area contributed by atoms with E-state index in [-0.39, 0.29) is 12.6 Å². The number of ketones is 1. The highest BCUT2D eigenvalue weighted by atomic mass is 19.1. The lowest BCUT2D eigenvalue weighted by Gasteiger charge is -2.21. The van der Waals surface area contributed by atoms with Gasteiger partial charge in [0.25, 0.3) is 0 Å². The quantitative estimate of drug-likeness (QED) is 0.684. The fourth-order valence-corrected chi connectivity index (χ4v) is 2.85. The SMILES string of the molecule is O=C(/C=C1\NCCc2cc3c(cc21)OCO3)c1cccc(F)c1. The average Bonchev–Trinajstić information content (AvgIpc) is 3.00. The van der Waals surface area contributed by atoms with Crippen LogP contribution in [0.25, 0.3) is 5.70 Å². The topological polar surface area (TPSA) is 47.6 Å². The van der Waals surface area contributed by atoms with E-state index in [1.165, 1.54) is 24.3 Å². The first kappa shape index (κ1) is 13.8. The summed E-state index contributed by atoms with van der Waals surface area (Å²) in [6.45, 7) is 0.946. The minimum atomic E-state index is -0.422. The minimum absolute atomic E-state index is 0.215. The Hall–Kier alpha value is -2.82. The van der Waals surface area contributed by atoms with Gasteiger partial charge in [0, 0.05) is 29.4 Å². The Kier molecular flexibility index (Phi) is 3.26. The van der Waals surface area contributed by atoms with Gasteiger partial charge in [-0.2, -0.15) is 0 Å². The molecule has 2 heterocycles. The molecule has 1 N–H and O–H groups in total. The second kappa shape index (κ2) is 5.43. The molecular formula is C18H14FNO3. The average molecular weight is 311 g/mol. The first-order chi connectivity index (χ1) is 11.2. The predicted molar refractivity (Wildman–Crippen MR) is 83.0 cm³/mol. The lowest BCUT2D eigenvalue weighted by molar-refractivity contribution is 0.104. The van der Waals surface area contributed by atoms with Crippen LogP contribution in [0, 0.1) is 5.82 Å². The Morgan fingerprint density at radius 2 is 2.00 bits per heavy atom. The number of fused-ring (bicyclic) bond motifs is 2. The van der Waals surface area contributed by atoms with Crippen LogP contribution < -0.4 is 14.8 Å². The van der Waals surface area contributed by atoms with E-state index in [2.05, 4.69) is 5.32 Å². The van der Waals surface area contributed by atoms with E-state index in [0.717, 1.165) is 35.5 Å². The molecule has 0 aromatic heterocycles. The third-order valence-corrected chi connectivity index (χ3v) is 3.98. The number of hydrogen-bond acceptors (Lipinski definition) is 4. The van der Waals surface area contributed by atoms with Crippen LogP contribution in [0.3, 0.4) is 0 Å². The van der Waals surface area contributed by atoms with Gasteiger partial charge in [-0.25, -0.2) is 4.39 Å². The predicted octanol–water partition coefficient (Wildman–Crippen LogP) is 2.92. The van der Waals surface area contributed by atoms with Crippen LogP contribution in [0.2, 0.25) is 0 Å². The van der Waals surface area contributed by atoms with Crippen molar-refractivity contribution < 1.29 is 18.7 Å². The molecule has 0 unspecified atom stereocenters. The highest BCUT2D eigenvalue weighted by Gasteiger charge is 2.22. The fraction of sp³-hybridized carbons (Fsp3) is 0.167. The maximum absolute atomic E-state index is 13.3. The van der Waals surface area contributed by atoms with Crippen molar-refractivity contribution in [2.45, 2.75) is 6.42 Å². The van der Waals surface area contributed by atoms with Crippen LogP contribution in [-0.4, -0.2) is 19.1 Å². The Morgan fingerprint density at radius 1 is 1.17 bits per heavy atom. The maximum Gasteiger partial charge on any atom is 0.231 e. The summed E-state index contributed by atoms with van der Waals surface area (Å²) in [5.41, 5.74) is 3.07. The first-order valence-corrected chi connectivity index (χ1v) is 7.39. The van der Waals surface area contributed by atoms with E-state index in [4.69, 9.17) is 9.47 Å². The lowest BCUT2D eigenvalue weighted by atomic mass is 9.96. The van der Waals surface area contributed by atoms with Gasteiger partial charge in [-0.15, -0.1) is 0 Å². The molecule has 0 spiro atoms. The van der Waals surface area contributed by atoms with E-state index in [1.54, 1.807) is 6.07 Å². The zero-order valence-electron chi connectivity index (χ0n) is 12.3. The molecule has 0 amide bonds. The Balaban J connectivity index is 1.72. The molecule has 2 aliphatic heterocycles. The molecule has 0 saturated heterocycles. The molecular weight excluding hydrogens is 297 g/mol. The number of hydrogen-bond donors (Lipinski definition) is 1. The van der Waals surface area contributed by atoms with Crippen LogP contribution in [0.5, 0.6) is 11.5 Å². The van der Waals surface area contributed by atoms with E-state index in [9.17, 15) is 9.18 Å². The Bertz CT molecular complexity index is 829. The molecule has 5 heteroatoms. The van der Waals surface area contributed by atoms with Crippen LogP contribution >= 0.6 is 0 Å². The Morgan fingerprint density at radius 3 is 2.83 bits per heavy atom. The third-order valence-electron chi connectivity index (χ3n) is 3.98. The standard InChI is InChI=1S/C18H14FNO3/c19-13-3-1-2-12(6-13)16(21)9-15-14-8-18-17(22-10-23-18)7-11(14)4-5-20-15/h1-3,6-9,20H,4-5,10H2/b15-9-. The monoisotopic (exact) mass is 311 g/mol. The highest BCUT2D eigenvalue weighted by Crippen LogP contribution is 2.38. The van der Waals surface area contributed by atoms with Gasteiger partial charge in [0.15, 0.2) is 17.3 Å². The van der Waals surface area contributed by atoms with Crippen LogP contribution in [0.1, 0.15) is 21.5 Å². The molecule has 0 radical (unpaired) electrons. The zero-order valence-corrected chi connectivity index (χ0v) is 12.3. The highest BCUT2D eigenvalue weighted by molar-refractivity contribution is 6.08. The van der Waals surface area contributed by atoms with E-state index >= 15 is 0 Å². The van der Waals surface area contributed by atoms with Crippen LogP contribution in [0.15, 0.2) is 42.5 Å². The summed E-state index contributed by atoms with van der Waals surface area (Å²) < 4.78 is 24.1. The normalized spacial score (nSPS) is 16.8.